The van der Waals surface area contributed by atoms with Crippen LogP contribution in [-0.2, 0) is 15.1 Å². The Morgan fingerprint density at radius 1 is 1.14 bits per heavy atom. The predicted octanol–water partition coefficient (Wildman–Crippen LogP) is 2.80. The lowest BCUT2D eigenvalue weighted by Gasteiger charge is -2.27. The Balaban J connectivity index is 1.38. The Labute approximate surface area is 165 Å². The van der Waals surface area contributed by atoms with Gasteiger partial charge in [-0.3, -0.25) is 4.79 Å². The highest BCUT2D eigenvalue weighted by atomic mass is 16.6. The van der Waals surface area contributed by atoms with Gasteiger partial charge in [0.1, 0.15) is 11.4 Å². The molecule has 2 aliphatic rings. The number of likely N-dealkylation sites (tertiary alicyclic amines) is 1. The van der Waals surface area contributed by atoms with E-state index < -0.39 is 11.1 Å². The molecule has 3 heterocycles. The van der Waals surface area contributed by atoms with Gasteiger partial charge in [-0.2, -0.15) is 0 Å². The fourth-order valence-electron chi connectivity index (χ4n) is 4.24. The van der Waals surface area contributed by atoms with E-state index in [4.69, 9.17) is 4.74 Å². The highest BCUT2D eigenvalue weighted by molar-refractivity contribution is 5.84. The zero-order chi connectivity index (χ0) is 20.3. The molecule has 3 atom stereocenters. The lowest BCUT2D eigenvalue weighted by atomic mass is 10.0. The molecule has 2 amide bonds. The van der Waals surface area contributed by atoms with Gasteiger partial charge in [0, 0.05) is 25.2 Å². The van der Waals surface area contributed by atoms with Crippen LogP contribution in [0.15, 0.2) is 30.6 Å². The van der Waals surface area contributed by atoms with Crippen LogP contribution in [0, 0.1) is 17.8 Å². The molecule has 28 heavy (non-hydrogen) atoms. The standard InChI is InChI=1S/C21H28N4O3/c1-20(2,3)28-19(27)24-11-14-15(12-24)16(14)17(26)23-21(4,5)18-22-10-13-8-6-7-9-25(13)18/h6-10,14-16H,11-12H2,1-5H3,(H,23,26)/t14-,15+,16+. The second-order valence-electron chi connectivity index (χ2n) is 9.43. The van der Waals surface area contributed by atoms with Crippen molar-refractivity contribution in [3.05, 3.63) is 36.4 Å². The van der Waals surface area contributed by atoms with Gasteiger partial charge in [-0.15, -0.1) is 0 Å². The second-order valence-corrected chi connectivity index (χ2v) is 9.43. The van der Waals surface area contributed by atoms with E-state index in [2.05, 4.69) is 10.3 Å². The van der Waals surface area contributed by atoms with Gasteiger partial charge in [-0.05, 0) is 58.6 Å². The number of nitrogens with one attached hydrogen (secondary N) is 1. The van der Waals surface area contributed by atoms with Gasteiger partial charge in [-0.25, -0.2) is 9.78 Å². The Hall–Kier alpha value is -2.57. The largest absolute Gasteiger partial charge is 0.444 e. The molecule has 1 aliphatic carbocycles. The summed E-state index contributed by atoms with van der Waals surface area (Å²) in [5.41, 5.74) is -0.0966. The summed E-state index contributed by atoms with van der Waals surface area (Å²) in [7, 11) is 0. The maximum atomic E-state index is 12.9. The molecule has 0 unspecified atom stereocenters. The summed E-state index contributed by atoms with van der Waals surface area (Å²) in [5, 5.41) is 3.17. The van der Waals surface area contributed by atoms with Crippen molar-refractivity contribution >= 4 is 17.5 Å². The normalized spacial score (nSPS) is 24.2. The summed E-state index contributed by atoms with van der Waals surface area (Å²) in [6, 6.07) is 5.91. The number of rotatable bonds is 3. The summed E-state index contributed by atoms with van der Waals surface area (Å²) < 4.78 is 7.43. The molecule has 7 heteroatoms. The van der Waals surface area contributed by atoms with Crippen LogP contribution in [0.3, 0.4) is 0 Å². The van der Waals surface area contributed by atoms with Gasteiger partial charge >= 0.3 is 6.09 Å². The van der Waals surface area contributed by atoms with Crippen molar-refractivity contribution in [3.63, 3.8) is 0 Å². The highest BCUT2D eigenvalue weighted by Crippen LogP contribution is 2.52. The predicted molar refractivity (Wildman–Crippen MR) is 105 cm³/mol. The number of nitrogens with zero attached hydrogens (tertiary/aromatic N) is 3. The minimum absolute atomic E-state index is 0.0378. The SMILES string of the molecule is CC(C)(C)OC(=O)N1C[C@@H]2[C@H](C1)[C@H]2C(=O)NC(C)(C)c1ncc2ccccn12. The Kier molecular flexibility index (Phi) is 4.17. The topological polar surface area (TPSA) is 75.9 Å². The van der Waals surface area contributed by atoms with E-state index in [1.807, 2.05) is 69.6 Å². The van der Waals surface area contributed by atoms with Gasteiger partial charge in [0.05, 0.1) is 17.3 Å². The number of aromatic nitrogens is 2. The van der Waals surface area contributed by atoms with Crippen molar-refractivity contribution in [1.29, 1.82) is 0 Å². The summed E-state index contributed by atoms with van der Waals surface area (Å²) in [5.74, 6) is 1.25. The van der Waals surface area contributed by atoms with E-state index in [-0.39, 0.29) is 29.8 Å². The molecule has 2 aromatic heterocycles. The van der Waals surface area contributed by atoms with Crippen LogP contribution in [0.2, 0.25) is 0 Å². The molecule has 150 valence electrons. The van der Waals surface area contributed by atoms with Gasteiger partial charge < -0.3 is 19.4 Å². The molecular weight excluding hydrogens is 356 g/mol. The van der Waals surface area contributed by atoms with Crippen molar-refractivity contribution < 1.29 is 14.3 Å². The number of carbonyl (C=O) groups excluding carboxylic acids is 2. The molecule has 4 rings (SSSR count). The first-order valence-electron chi connectivity index (χ1n) is 9.79. The molecule has 0 spiro atoms. The summed E-state index contributed by atoms with van der Waals surface area (Å²) in [6.07, 6.45) is 3.48. The number of carbonyl (C=O) groups is 2. The number of fused-ring (bicyclic) bond motifs is 2. The first-order valence-corrected chi connectivity index (χ1v) is 9.79. The molecule has 7 nitrogen and oxygen atoms in total. The van der Waals surface area contributed by atoms with Crippen molar-refractivity contribution in [2.24, 2.45) is 17.8 Å². The van der Waals surface area contributed by atoms with Gasteiger partial charge in [-0.1, -0.05) is 6.07 Å². The Morgan fingerprint density at radius 2 is 1.82 bits per heavy atom. The highest BCUT2D eigenvalue weighted by Gasteiger charge is 2.61. The third kappa shape index (κ3) is 3.34. The van der Waals surface area contributed by atoms with Crippen molar-refractivity contribution in [2.45, 2.75) is 45.8 Å². The van der Waals surface area contributed by atoms with Crippen LogP contribution < -0.4 is 5.32 Å². The first kappa shape index (κ1) is 18.8. The zero-order valence-electron chi connectivity index (χ0n) is 17.1. The second kappa shape index (κ2) is 6.22. The van der Waals surface area contributed by atoms with Crippen LogP contribution in [0.25, 0.3) is 5.52 Å². The minimum Gasteiger partial charge on any atom is -0.444 e. The molecule has 0 radical (unpaired) electrons. The quantitative estimate of drug-likeness (QED) is 0.883. The maximum absolute atomic E-state index is 12.9. The number of amides is 2. The summed E-state index contributed by atoms with van der Waals surface area (Å²) in [6.45, 7) is 10.7. The minimum atomic E-state index is -0.591. The molecule has 0 aromatic carbocycles. The molecule has 1 aliphatic heterocycles. The number of piperidine rings is 1. The molecule has 1 saturated heterocycles. The van der Waals surface area contributed by atoms with E-state index in [0.717, 1.165) is 11.3 Å². The fraction of sp³-hybridized carbons (Fsp3) is 0.571. The summed E-state index contributed by atoms with van der Waals surface area (Å²) in [4.78, 5) is 31.3. The van der Waals surface area contributed by atoms with E-state index in [1.54, 1.807) is 4.90 Å². The fourth-order valence-corrected chi connectivity index (χ4v) is 4.24. The molecular formula is C21H28N4O3. The average molecular weight is 384 g/mol. The van der Waals surface area contributed by atoms with Crippen molar-refractivity contribution in [2.75, 3.05) is 13.1 Å². The zero-order valence-corrected chi connectivity index (χ0v) is 17.1. The van der Waals surface area contributed by atoms with Crippen LogP contribution in [-0.4, -0.2) is 45.0 Å². The van der Waals surface area contributed by atoms with E-state index in [0.29, 0.717) is 13.1 Å². The van der Waals surface area contributed by atoms with E-state index >= 15 is 0 Å². The van der Waals surface area contributed by atoms with Crippen molar-refractivity contribution in [1.82, 2.24) is 19.6 Å². The number of imidazole rings is 1. The summed E-state index contributed by atoms with van der Waals surface area (Å²) >= 11 is 0. The lowest BCUT2D eigenvalue weighted by Crippen LogP contribution is -2.45. The van der Waals surface area contributed by atoms with Gasteiger partial charge in [0.15, 0.2) is 0 Å². The molecule has 0 bridgehead atoms. The maximum Gasteiger partial charge on any atom is 0.410 e. The van der Waals surface area contributed by atoms with Gasteiger partial charge in [0.2, 0.25) is 5.91 Å². The number of pyridine rings is 1. The van der Waals surface area contributed by atoms with Crippen LogP contribution in [0.4, 0.5) is 4.79 Å². The number of ether oxygens (including phenoxy) is 1. The van der Waals surface area contributed by atoms with Crippen LogP contribution >= 0.6 is 0 Å². The Bertz CT molecular complexity index is 915. The Morgan fingerprint density at radius 3 is 2.46 bits per heavy atom. The van der Waals surface area contributed by atoms with E-state index in [9.17, 15) is 9.59 Å². The number of hydrogen-bond donors (Lipinski definition) is 1. The molecule has 1 N–H and O–H groups in total. The molecule has 2 fully saturated rings. The third-order valence-electron chi connectivity index (χ3n) is 5.58. The average Bonchev–Trinajstić information content (AvgIpc) is 2.96. The third-order valence-corrected chi connectivity index (χ3v) is 5.58. The molecule has 1 saturated carbocycles. The van der Waals surface area contributed by atoms with E-state index in [1.165, 1.54) is 0 Å². The lowest BCUT2D eigenvalue weighted by molar-refractivity contribution is -0.125. The molecule has 2 aromatic rings. The van der Waals surface area contributed by atoms with Gasteiger partial charge in [0.25, 0.3) is 0 Å². The monoisotopic (exact) mass is 384 g/mol. The van der Waals surface area contributed by atoms with Crippen LogP contribution in [0.5, 0.6) is 0 Å². The first-order chi connectivity index (χ1) is 13.1. The van der Waals surface area contributed by atoms with Crippen molar-refractivity contribution in [3.8, 4) is 0 Å². The number of hydrogen-bond acceptors (Lipinski definition) is 4. The smallest absolute Gasteiger partial charge is 0.410 e. The van der Waals surface area contributed by atoms with Crippen LogP contribution in [0.1, 0.15) is 40.4 Å².